The predicted octanol–water partition coefficient (Wildman–Crippen LogP) is 3.11. The molecule has 1 aliphatic rings. The topological polar surface area (TPSA) is 38.3 Å². The molecule has 1 N–H and O–H groups in total. The number of hydrogen-bond acceptors (Lipinski definition) is 2. The minimum absolute atomic E-state index is 0.402. The Balaban J connectivity index is 2.05. The predicted molar refractivity (Wildman–Crippen MR) is 67.5 cm³/mol. The van der Waals surface area contributed by atoms with Crippen molar-refractivity contribution in [1.29, 1.82) is 0 Å². The van der Waals surface area contributed by atoms with E-state index in [-0.39, 0.29) is 0 Å². The third kappa shape index (κ3) is 2.87. The van der Waals surface area contributed by atoms with Gasteiger partial charge in [-0.15, -0.1) is 0 Å². The summed E-state index contributed by atoms with van der Waals surface area (Å²) in [6, 6.07) is 8.04. The molecule has 0 unspecified atom stereocenters. The third-order valence-electron chi connectivity index (χ3n) is 2.47. The molecule has 1 amide bonds. The lowest BCUT2D eigenvalue weighted by Crippen LogP contribution is -2.31. The molecule has 0 aliphatic heterocycles. The van der Waals surface area contributed by atoms with Gasteiger partial charge < -0.3 is 4.74 Å². The normalized spacial score (nSPS) is 13.9. The lowest BCUT2D eigenvalue weighted by atomic mass is 10.1. The van der Waals surface area contributed by atoms with Gasteiger partial charge in [-0.2, -0.15) is 0 Å². The van der Waals surface area contributed by atoms with Gasteiger partial charge in [-0.25, -0.2) is 4.79 Å². The van der Waals surface area contributed by atoms with Crippen molar-refractivity contribution in [2.45, 2.75) is 32.8 Å². The maximum atomic E-state index is 11.7. The lowest BCUT2D eigenvalue weighted by molar-refractivity contribution is 0.0558. The Morgan fingerprint density at radius 3 is 2.71 bits per heavy atom. The summed E-state index contributed by atoms with van der Waals surface area (Å²) in [4.78, 5) is 11.7. The number of carbonyl (C=O) groups is 1. The van der Waals surface area contributed by atoms with Crippen LogP contribution in [0.25, 0.3) is 5.70 Å². The van der Waals surface area contributed by atoms with Crippen LogP contribution in [0, 0.1) is 0 Å². The van der Waals surface area contributed by atoms with Gasteiger partial charge in [0.15, 0.2) is 0 Å². The fraction of sp³-hybridized carbons (Fsp3) is 0.357. The first-order valence-corrected chi connectivity index (χ1v) is 5.74. The van der Waals surface area contributed by atoms with E-state index in [4.69, 9.17) is 4.74 Å². The Labute approximate surface area is 101 Å². The van der Waals surface area contributed by atoms with E-state index in [2.05, 4.69) is 11.4 Å². The fourth-order valence-corrected chi connectivity index (χ4v) is 1.81. The van der Waals surface area contributed by atoms with Crippen LogP contribution in [-0.4, -0.2) is 11.7 Å². The van der Waals surface area contributed by atoms with Crippen molar-refractivity contribution in [3.8, 4) is 0 Å². The van der Waals surface area contributed by atoms with Crippen molar-refractivity contribution < 1.29 is 9.53 Å². The number of nitrogens with one attached hydrogen (secondary N) is 1. The van der Waals surface area contributed by atoms with E-state index in [1.165, 1.54) is 5.56 Å². The highest BCUT2D eigenvalue weighted by atomic mass is 16.6. The van der Waals surface area contributed by atoms with Gasteiger partial charge in [0, 0.05) is 11.3 Å². The Bertz CT molecular complexity index is 469. The van der Waals surface area contributed by atoms with E-state index in [1.54, 1.807) is 0 Å². The van der Waals surface area contributed by atoms with E-state index in [0.717, 1.165) is 17.7 Å². The van der Waals surface area contributed by atoms with Gasteiger partial charge in [-0.3, -0.25) is 5.32 Å². The van der Waals surface area contributed by atoms with Crippen LogP contribution in [0.15, 0.2) is 30.3 Å². The molecule has 0 saturated heterocycles. The van der Waals surface area contributed by atoms with Crippen molar-refractivity contribution in [2.75, 3.05) is 0 Å². The maximum absolute atomic E-state index is 11.7. The maximum Gasteiger partial charge on any atom is 0.412 e. The van der Waals surface area contributed by atoms with Gasteiger partial charge in [-0.1, -0.05) is 30.3 Å². The van der Waals surface area contributed by atoms with Crippen molar-refractivity contribution >= 4 is 11.8 Å². The number of carbonyl (C=O) groups excluding carboxylic acids is 1. The Kier molecular flexibility index (Phi) is 2.92. The first-order valence-electron chi connectivity index (χ1n) is 5.74. The van der Waals surface area contributed by atoms with E-state index in [0.29, 0.717) is 0 Å². The Hall–Kier alpha value is -1.77. The molecule has 0 radical (unpaired) electrons. The third-order valence-corrected chi connectivity index (χ3v) is 2.47. The zero-order valence-corrected chi connectivity index (χ0v) is 10.4. The summed E-state index contributed by atoms with van der Waals surface area (Å²) >= 11 is 0. The van der Waals surface area contributed by atoms with Crippen molar-refractivity contribution in [2.24, 2.45) is 0 Å². The summed E-state index contributed by atoms with van der Waals surface area (Å²) in [5.41, 5.74) is 2.69. The highest BCUT2D eigenvalue weighted by Gasteiger charge is 2.20. The average Bonchev–Trinajstić information content (AvgIpc) is 2.59. The number of benzene rings is 1. The molecule has 0 heterocycles. The lowest BCUT2D eigenvalue weighted by Gasteiger charge is -2.20. The molecule has 0 spiro atoms. The van der Waals surface area contributed by atoms with E-state index < -0.39 is 11.7 Å². The van der Waals surface area contributed by atoms with Crippen LogP contribution >= 0.6 is 0 Å². The largest absolute Gasteiger partial charge is 0.444 e. The molecule has 2 rings (SSSR count). The highest BCUT2D eigenvalue weighted by molar-refractivity contribution is 5.84. The van der Waals surface area contributed by atoms with Gasteiger partial charge in [-0.05, 0) is 32.8 Å². The number of allylic oxidation sites excluding steroid dienone is 1. The molecule has 0 atom stereocenters. The molecule has 90 valence electrons. The Morgan fingerprint density at radius 1 is 1.29 bits per heavy atom. The molecule has 0 bridgehead atoms. The molecule has 1 aromatic carbocycles. The van der Waals surface area contributed by atoms with Crippen LogP contribution in [0.4, 0.5) is 4.79 Å². The molecule has 1 aromatic rings. The molecule has 3 heteroatoms. The number of amides is 1. The molecular formula is C14H17NO2. The number of fused-ring (bicyclic) bond motifs is 1. The Morgan fingerprint density at radius 2 is 2.00 bits per heavy atom. The highest BCUT2D eigenvalue weighted by Crippen LogP contribution is 2.25. The first kappa shape index (κ1) is 11.7. The summed E-state index contributed by atoms with van der Waals surface area (Å²) in [7, 11) is 0. The van der Waals surface area contributed by atoms with Gasteiger partial charge >= 0.3 is 6.09 Å². The molecular weight excluding hydrogens is 214 g/mol. The van der Waals surface area contributed by atoms with Crippen molar-refractivity contribution in [1.82, 2.24) is 5.32 Å². The minimum Gasteiger partial charge on any atom is -0.444 e. The number of rotatable bonds is 1. The van der Waals surface area contributed by atoms with Gasteiger partial charge in [0.2, 0.25) is 0 Å². The minimum atomic E-state index is -0.469. The molecule has 1 aliphatic carbocycles. The average molecular weight is 231 g/mol. The van der Waals surface area contributed by atoms with Crippen LogP contribution in [-0.2, 0) is 11.2 Å². The van der Waals surface area contributed by atoms with Gasteiger partial charge in [0.1, 0.15) is 5.60 Å². The monoisotopic (exact) mass is 231 g/mol. The molecule has 0 aromatic heterocycles. The van der Waals surface area contributed by atoms with Gasteiger partial charge in [0.25, 0.3) is 0 Å². The molecule has 0 fully saturated rings. The standard InChI is InChI=1S/C14H17NO2/c1-14(2,3)17-13(16)15-12-9-8-10-6-4-5-7-11(10)12/h4-7,9H,8H2,1-3H3,(H,15,16). The summed E-state index contributed by atoms with van der Waals surface area (Å²) in [5.74, 6) is 0. The first-order chi connectivity index (χ1) is 7.96. The molecule has 3 nitrogen and oxygen atoms in total. The zero-order chi connectivity index (χ0) is 12.5. The number of ether oxygens (including phenoxy) is 1. The second-order valence-corrected chi connectivity index (χ2v) is 5.11. The van der Waals surface area contributed by atoms with Crippen LogP contribution in [0.2, 0.25) is 0 Å². The summed E-state index contributed by atoms with van der Waals surface area (Å²) in [6.07, 6.45) is 2.47. The van der Waals surface area contributed by atoms with Crippen molar-refractivity contribution in [3.05, 3.63) is 41.5 Å². The summed E-state index contributed by atoms with van der Waals surface area (Å²) in [5, 5.41) is 2.79. The van der Waals surface area contributed by atoms with E-state index in [9.17, 15) is 4.79 Å². The van der Waals surface area contributed by atoms with Gasteiger partial charge in [0.05, 0.1) is 0 Å². The summed E-state index contributed by atoms with van der Waals surface area (Å²) in [6.45, 7) is 5.55. The second-order valence-electron chi connectivity index (χ2n) is 5.11. The number of alkyl carbamates (subject to hydrolysis) is 1. The van der Waals surface area contributed by atoms with E-state index in [1.807, 2.05) is 45.0 Å². The SMILES string of the molecule is CC(C)(C)OC(=O)NC1=CCc2ccccc21. The molecule has 17 heavy (non-hydrogen) atoms. The van der Waals surface area contributed by atoms with Crippen LogP contribution < -0.4 is 5.32 Å². The van der Waals surface area contributed by atoms with Crippen LogP contribution in [0.1, 0.15) is 31.9 Å². The molecule has 0 saturated carbocycles. The van der Waals surface area contributed by atoms with Crippen LogP contribution in [0.3, 0.4) is 0 Å². The van der Waals surface area contributed by atoms with Crippen LogP contribution in [0.5, 0.6) is 0 Å². The number of hydrogen-bond donors (Lipinski definition) is 1. The zero-order valence-electron chi connectivity index (χ0n) is 10.4. The quantitative estimate of drug-likeness (QED) is 0.806. The fourth-order valence-electron chi connectivity index (χ4n) is 1.81. The summed E-state index contributed by atoms with van der Waals surface area (Å²) < 4.78 is 5.22. The second kappa shape index (κ2) is 4.24. The smallest absolute Gasteiger partial charge is 0.412 e. The van der Waals surface area contributed by atoms with E-state index >= 15 is 0 Å². The van der Waals surface area contributed by atoms with Crippen molar-refractivity contribution in [3.63, 3.8) is 0 Å².